The van der Waals surface area contributed by atoms with Crippen molar-refractivity contribution in [2.45, 2.75) is 18.9 Å². The Labute approximate surface area is 110 Å². The number of halogens is 2. The van der Waals surface area contributed by atoms with Crippen LogP contribution in [-0.4, -0.2) is 18.4 Å². The van der Waals surface area contributed by atoms with Crippen LogP contribution >= 0.6 is 23.2 Å². The number of alkyl halides is 1. The van der Waals surface area contributed by atoms with Crippen LogP contribution in [0.5, 0.6) is 5.75 Å². The van der Waals surface area contributed by atoms with Crippen LogP contribution in [0.1, 0.15) is 24.4 Å². The monoisotopic (exact) mass is 273 g/mol. The first-order chi connectivity index (χ1) is 8.20. The van der Waals surface area contributed by atoms with Crippen LogP contribution in [0, 0.1) is 0 Å². The predicted molar refractivity (Wildman–Crippen MR) is 67.8 cm³/mol. The Balaban J connectivity index is 2.16. The number of hydrogen-bond donors (Lipinski definition) is 1. The number of nitrogens with one attached hydrogen (secondary N) is 1. The number of rotatable bonds is 3. The zero-order valence-electron chi connectivity index (χ0n) is 9.21. The van der Waals surface area contributed by atoms with Gasteiger partial charge in [0.1, 0.15) is 5.75 Å². The van der Waals surface area contributed by atoms with Crippen molar-refractivity contribution in [2.24, 2.45) is 0 Å². The zero-order valence-corrected chi connectivity index (χ0v) is 10.7. The van der Waals surface area contributed by atoms with Crippen LogP contribution in [0.15, 0.2) is 18.2 Å². The molecule has 0 fully saturated rings. The molecule has 3 nitrogen and oxygen atoms in total. The van der Waals surface area contributed by atoms with Gasteiger partial charge in [-0.3, -0.25) is 4.79 Å². The van der Waals surface area contributed by atoms with Crippen molar-refractivity contribution >= 4 is 29.1 Å². The van der Waals surface area contributed by atoms with Gasteiger partial charge in [-0.2, -0.15) is 0 Å². The molecule has 0 saturated heterocycles. The van der Waals surface area contributed by atoms with Crippen molar-refractivity contribution in [1.29, 1.82) is 0 Å². The fourth-order valence-corrected chi connectivity index (χ4v) is 2.22. The fraction of sp³-hybridized carbons (Fsp3) is 0.417. The molecule has 0 aliphatic carbocycles. The van der Waals surface area contributed by atoms with Gasteiger partial charge in [-0.15, -0.1) is 11.6 Å². The Hall–Kier alpha value is -0.930. The lowest BCUT2D eigenvalue weighted by atomic mass is 10.0. The standard InChI is InChI=1S/C12H13Cl2NO2/c13-5-3-12(16)15-10-4-6-17-11-2-1-8(14)7-9(10)11/h1-2,7,10H,3-6H2,(H,15,16). The van der Waals surface area contributed by atoms with Crippen molar-refractivity contribution in [3.05, 3.63) is 28.8 Å². The molecule has 0 radical (unpaired) electrons. The van der Waals surface area contributed by atoms with Crippen LogP contribution < -0.4 is 10.1 Å². The molecule has 1 amide bonds. The topological polar surface area (TPSA) is 38.3 Å². The maximum atomic E-state index is 11.5. The van der Waals surface area contributed by atoms with Crippen molar-refractivity contribution < 1.29 is 9.53 Å². The smallest absolute Gasteiger partial charge is 0.221 e. The summed E-state index contributed by atoms with van der Waals surface area (Å²) >= 11 is 11.5. The minimum Gasteiger partial charge on any atom is -0.493 e. The van der Waals surface area contributed by atoms with Crippen LogP contribution in [-0.2, 0) is 4.79 Å². The molecule has 0 saturated carbocycles. The Kier molecular flexibility index (Phi) is 4.13. The van der Waals surface area contributed by atoms with Gasteiger partial charge in [0.05, 0.1) is 12.6 Å². The summed E-state index contributed by atoms with van der Waals surface area (Å²) < 4.78 is 5.51. The first kappa shape index (κ1) is 12.5. The molecule has 1 aliphatic rings. The molecule has 0 aromatic heterocycles. The van der Waals surface area contributed by atoms with E-state index in [-0.39, 0.29) is 11.9 Å². The minimum absolute atomic E-state index is 0.0341. The highest BCUT2D eigenvalue weighted by atomic mass is 35.5. The summed E-state index contributed by atoms with van der Waals surface area (Å²) in [4.78, 5) is 11.5. The van der Waals surface area contributed by atoms with Gasteiger partial charge < -0.3 is 10.1 Å². The molecular weight excluding hydrogens is 261 g/mol. The number of amides is 1. The second-order valence-corrected chi connectivity index (χ2v) is 4.69. The van der Waals surface area contributed by atoms with E-state index < -0.39 is 0 Å². The van der Waals surface area contributed by atoms with E-state index in [1.807, 2.05) is 12.1 Å². The maximum Gasteiger partial charge on any atom is 0.221 e. The summed E-state index contributed by atoms with van der Waals surface area (Å²) in [7, 11) is 0. The average Bonchev–Trinajstić information content (AvgIpc) is 2.30. The second-order valence-electron chi connectivity index (χ2n) is 3.88. The normalized spacial score (nSPS) is 18.1. The first-order valence-corrected chi connectivity index (χ1v) is 6.39. The van der Waals surface area contributed by atoms with E-state index >= 15 is 0 Å². The minimum atomic E-state index is -0.0437. The highest BCUT2D eigenvalue weighted by molar-refractivity contribution is 6.30. The Bertz CT molecular complexity index is 423. The van der Waals surface area contributed by atoms with E-state index in [4.69, 9.17) is 27.9 Å². The Morgan fingerprint density at radius 1 is 1.53 bits per heavy atom. The van der Waals surface area contributed by atoms with E-state index in [2.05, 4.69) is 5.32 Å². The summed E-state index contributed by atoms with van der Waals surface area (Å²) in [5.41, 5.74) is 0.937. The quantitative estimate of drug-likeness (QED) is 0.861. The maximum absolute atomic E-state index is 11.5. The van der Waals surface area contributed by atoms with Crippen LogP contribution in [0.2, 0.25) is 5.02 Å². The van der Waals surface area contributed by atoms with Crippen LogP contribution in [0.25, 0.3) is 0 Å². The van der Waals surface area contributed by atoms with E-state index in [1.54, 1.807) is 6.07 Å². The van der Waals surface area contributed by atoms with Crippen molar-refractivity contribution in [1.82, 2.24) is 5.32 Å². The molecule has 1 aliphatic heterocycles. The van der Waals surface area contributed by atoms with Crippen molar-refractivity contribution in [3.8, 4) is 5.75 Å². The highest BCUT2D eigenvalue weighted by Crippen LogP contribution is 2.33. The SMILES string of the molecule is O=C(CCCl)NC1CCOc2ccc(Cl)cc21. The molecule has 0 bridgehead atoms. The van der Waals surface area contributed by atoms with E-state index in [1.165, 1.54) is 0 Å². The van der Waals surface area contributed by atoms with Gasteiger partial charge in [0.15, 0.2) is 0 Å². The molecule has 1 aromatic carbocycles. The van der Waals surface area contributed by atoms with Crippen molar-refractivity contribution in [2.75, 3.05) is 12.5 Å². The summed E-state index contributed by atoms with van der Waals surface area (Å²) in [5, 5.41) is 3.59. The molecule has 5 heteroatoms. The van der Waals surface area contributed by atoms with Gasteiger partial charge in [0.25, 0.3) is 0 Å². The van der Waals surface area contributed by atoms with Crippen LogP contribution in [0.4, 0.5) is 0 Å². The molecule has 1 heterocycles. The third kappa shape index (κ3) is 3.05. The summed E-state index contributed by atoms with van der Waals surface area (Å²) in [5.74, 6) is 1.08. The largest absolute Gasteiger partial charge is 0.493 e. The van der Waals surface area contributed by atoms with Gasteiger partial charge in [-0.25, -0.2) is 0 Å². The van der Waals surface area contributed by atoms with Gasteiger partial charge in [-0.1, -0.05) is 11.6 Å². The molecule has 92 valence electrons. The predicted octanol–water partition coefficient (Wildman–Crippen LogP) is 2.91. The summed E-state index contributed by atoms with van der Waals surface area (Å²) in [6, 6.07) is 5.41. The second kappa shape index (κ2) is 5.61. The fourth-order valence-electron chi connectivity index (χ4n) is 1.87. The number of hydrogen-bond acceptors (Lipinski definition) is 2. The number of carbonyl (C=O) groups excluding carboxylic acids is 1. The zero-order chi connectivity index (χ0) is 12.3. The lowest BCUT2D eigenvalue weighted by Crippen LogP contribution is -2.32. The number of benzene rings is 1. The number of fused-ring (bicyclic) bond motifs is 1. The van der Waals surface area contributed by atoms with Gasteiger partial charge in [-0.05, 0) is 18.2 Å². The Morgan fingerprint density at radius 3 is 3.12 bits per heavy atom. The average molecular weight is 274 g/mol. The molecule has 1 aromatic rings. The van der Waals surface area contributed by atoms with Crippen LogP contribution in [0.3, 0.4) is 0 Å². The molecule has 0 spiro atoms. The van der Waals surface area contributed by atoms with E-state index in [0.29, 0.717) is 23.9 Å². The van der Waals surface area contributed by atoms with Crippen molar-refractivity contribution in [3.63, 3.8) is 0 Å². The lowest BCUT2D eigenvalue weighted by molar-refractivity contribution is -0.121. The first-order valence-electron chi connectivity index (χ1n) is 5.48. The van der Waals surface area contributed by atoms with Gasteiger partial charge >= 0.3 is 0 Å². The third-order valence-electron chi connectivity index (χ3n) is 2.67. The third-order valence-corrected chi connectivity index (χ3v) is 3.09. The lowest BCUT2D eigenvalue weighted by Gasteiger charge is -2.26. The molecule has 1 atom stereocenters. The highest BCUT2D eigenvalue weighted by Gasteiger charge is 2.22. The molecule has 2 rings (SSSR count). The summed E-state index contributed by atoms with van der Waals surface area (Å²) in [6.07, 6.45) is 1.08. The number of carbonyl (C=O) groups is 1. The van der Waals surface area contributed by atoms with Gasteiger partial charge in [0, 0.05) is 29.3 Å². The summed E-state index contributed by atoms with van der Waals surface area (Å²) in [6.45, 7) is 0.598. The molecular formula is C12H13Cl2NO2. The van der Waals surface area contributed by atoms with E-state index in [9.17, 15) is 4.79 Å². The van der Waals surface area contributed by atoms with Gasteiger partial charge in [0.2, 0.25) is 5.91 Å². The van der Waals surface area contributed by atoms with E-state index in [0.717, 1.165) is 17.7 Å². The Morgan fingerprint density at radius 2 is 2.35 bits per heavy atom. The molecule has 1 N–H and O–H groups in total. The molecule has 17 heavy (non-hydrogen) atoms. The number of ether oxygens (including phenoxy) is 1. The molecule has 1 unspecified atom stereocenters.